The van der Waals surface area contributed by atoms with Crippen molar-refractivity contribution in [3.05, 3.63) is 65.7 Å². The van der Waals surface area contributed by atoms with Crippen molar-refractivity contribution in [3.8, 4) is 5.75 Å². The predicted octanol–water partition coefficient (Wildman–Crippen LogP) is 5.11. The molecule has 8 nitrogen and oxygen atoms in total. The maximum absolute atomic E-state index is 14.1. The maximum atomic E-state index is 14.1. The zero-order valence-electron chi connectivity index (χ0n) is 23.3. The smallest absolute Gasteiger partial charge is 0.408 e. The van der Waals surface area contributed by atoms with Crippen LogP contribution in [0.1, 0.15) is 77.5 Å². The number of phenolic OH excluding ortho intramolecular Hbond substituents is 1. The van der Waals surface area contributed by atoms with E-state index < -0.39 is 23.8 Å². The first-order valence-electron chi connectivity index (χ1n) is 13.5. The molecule has 2 unspecified atom stereocenters. The highest BCUT2D eigenvalue weighted by Gasteiger charge is 2.36. The van der Waals surface area contributed by atoms with E-state index in [9.17, 15) is 19.5 Å². The van der Waals surface area contributed by atoms with E-state index in [2.05, 4.69) is 17.6 Å². The summed E-state index contributed by atoms with van der Waals surface area (Å²) in [5, 5.41) is 15.6. The molecule has 0 heterocycles. The lowest BCUT2D eigenvalue weighted by Gasteiger charge is -2.34. The SMILES string of the molecule is CCCCCNC(=O)C(c1ccc(O)cc1)N(CCC)C(=O)C(Cc1ccccc1)NC(=O)OC(C)(C)C. The molecule has 2 aromatic rings. The first kappa shape index (κ1) is 30.7. The van der Waals surface area contributed by atoms with E-state index in [4.69, 9.17) is 4.74 Å². The molecule has 2 rings (SSSR count). The van der Waals surface area contributed by atoms with Crippen molar-refractivity contribution in [2.75, 3.05) is 13.1 Å². The molecule has 0 radical (unpaired) electrons. The van der Waals surface area contributed by atoms with Gasteiger partial charge >= 0.3 is 6.09 Å². The molecule has 2 atom stereocenters. The Kier molecular flexibility index (Phi) is 12.1. The molecule has 2 aromatic carbocycles. The van der Waals surface area contributed by atoms with Gasteiger partial charge in [-0.1, -0.05) is 69.2 Å². The normalized spacial score (nSPS) is 12.8. The molecule has 0 saturated carbocycles. The number of ether oxygens (including phenoxy) is 1. The second kappa shape index (κ2) is 15.0. The van der Waals surface area contributed by atoms with Crippen molar-refractivity contribution >= 4 is 17.9 Å². The number of nitrogens with one attached hydrogen (secondary N) is 2. The third-order valence-electron chi connectivity index (χ3n) is 5.87. The molecule has 0 aliphatic rings. The van der Waals surface area contributed by atoms with Crippen LogP contribution in [0.4, 0.5) is 4.79 Å². The molecule has 0 aliphatic carbocycles. The van der Waals surface area contributed by atoms with Gasteiger partial charge in [0.2, 0.25) is 11.8 Å². The first-order chi connectivity index (χ1) is 18.1. The molecule has 0 saturated heterocycles. The van der Waals surface area contributed by atoms with Crippen LogP contribution in [0.2, 0.25) is 0 Å². The van der Waals surface area contributed by atoms with Gasteiger partial charge in [0.05, 0.1) is 0 Å². The Morgan fingerprint density at radius 1 is 0.947 bits per heavy atom. The lowest BCUT2D eigenvalue weighted by atomic mass is 10.00. The van der Waals surface area contributed by atoms with E-state index in [1.807, 2.05) is 37.3 Å². The van der Waals surface area contributed by atoms with Crippen molar-refractivity contribution in [1.29, 1.82) is 0 Å². The number of unbranched alkanes of at least 4 members (excludes halogenated alkanes) is 2. The fraction of sp³-hybridized carbons (Fsp3) is 0.500. The summed E-state index contributed by atoms with van der Waals surface area (Å²) in [5.74, 6) is -0.620. The molecule has 0 aromatic heterocycles. The Balaban J connectivity index is 2.44. The van der Waals surface area contributed by atoms with Gasteiger partial charge in [-0.3, -0.25) is 9.59 Å². The fourth-order valence-electron chi connectivity index (χ4n) is 4.12. The highest BCUT2D eigenvalue weighted by atomic mass is 16.6. The lowest BCUT2D eigenvalue weighted by molar-refractivity contribution is -0.142. The van der Waals surface area contributed by atoms with Gasteiger partial charge in [0.25, 0.3) is 0 Å². The van der Waals surface area contributed by atoms with Crippen molar-refractivity contribution in [2.45, 2.75) is 84.4 Å². The molecule has 8 heteroatoms. The van der Waals surface area contributed by atoms with Crippen LogP contribution in [0.25, 0.3) is 0 Å². The maximum Gasteiger partial charge on any atom is 0.408 e. The lowest BCUT2D eigenvalue weighted by Crippen LogP contribution is -2.54. The second-order valence-electron chi connectivity index (χ2n) is 10.4. The first-order valence-corrected chi connectivity index (χ1v) is 13.5. The van der Waals surface area contributed by atoms with Gasteiger partial charge in [0.15, 0.2) is 0 Å². The highest BCUT2D eigenvalue weighted by Crippen LogP contribution is 2.25. The minimum atomic E-state index is -0.952. The number of hydrogen-bond donors (Lipinski definition) is 3. The van der Waals surface area contributed by atoms with E-state index in [1.54, 1.807) is 32.9 Å². The van der Waals surface area contributed by atoms with Crippen LogP contribution in [-0.4, -0.2) is 52.6 Å². The molecule has 3 amide bonds. The summed E-state index contributed by atoms with van der Waals surface area (Å²) in [6, 6.07) is 13.8. The van der Waals surface area contributed by atoms with Crippen LogP contribution in [0.3, 0.4) is 0 Å². The monoisotopic (exact) mass is 525 g/mol. The summed E-state index contributed by atoms with van der Waals surface area (Å²) in [6.07, 6.45) is 2.99. The average molecular weight is 526 g/mol. The van der Waals surface area contributed by atoms with Gasteiger partial charge in [-0.2, -0.15) is 0 Å². The number of carbonyl (C=O) groups excluding carboxylic acids is 3. The zero-order chi connectivity index (χ0) is 28.1. The van der Waals surface area contributed by atoms with Gasteiger partial charge in [-0.15, -0.1) is 0 Å². The number of hydrogen-bond acceptors (Lipinski definition) is 5. The number of aromatic hydroxyl groups is 1. The third-order valence-corrected chi connectivity index (χ3v) is 5.87. The third kappa shape index (κ3) is 10.1. The molecule has 0 bridgehead atoms. The summed E-state index contributed by atoms with van der Waals surface area (Å²) < 4.78 is 5.45. The van der Waals surface area contributed by atoms with Crippen molar-refractivity contribution in [1.82, 2.24) is 15.5 Å². The van der Waals surface area contributed by atoms with Gasteiger partial charge in [-0.25, -0.2) is 4.79 Å². The number of rotatable bonds is 13. The second-order valence-corrected chi connectivity index (χ2v) is 10.4. The Hall–Kier alpha value is -3.55. The summed E-state index contributed by atoms with van der Waals surface area (Å²) >= 11 is 0. The number of nitrogens with zero attached hydrogens (tertiary/aromatic N) is 1. The zero-order valence-corrected chi connectivity index (χ0v) is 23.3. The summed E-state index contributed by atoms with van der Waals surface area (Å²) in [4.78, 5) is 41.9. The van der Waals surface area contributed by atoms with Gasteiger partial charge in [-0.05, 0) is 56.9 Å². The van der Waals surface area contributed by atoms with E-state index in [-0.39, 0.29) is 24.0 Å². The van der Waals surface area contributed by atoms with Gasteiger partial charge < -0.3 is 25.4 Å². The number of alkyl carbamates (subject to hydrolysis) is 1. The number of benzene rings is 2. The Bertz CT molecular complexity index is 1020. The molecule has 38 heavy (non-hydrogen) atoms. The van der Waals surface area contributed by atoms with Gasteiger partial charge in [0, 0.05) is 19.5 Å². The molecular weight excluding hydrogens is 482 g/mol. The van der Waals surface area contributed by atoms with Crippen LogP contribution in [-0.2, 0) is 20.7 Å². The van der Waals surface area contributed by atoms with Gasteiger partial charge in [0.1, 0.15) is 23.4 Å². The van der Waals surface area contributed by atoms with E-state index in [0.29, 0.717) is 25.1 Å². The Morgan fingerprint density at radius 2 is 1.61 bits per heavy atom. The van der Waals surface area contributed by atoms with Crippen LogP contribution in [0, 0.1) is 0 Å². The van der Waals surface area contributed by atoms with Crippen LogP contribution in [0.5, 0.6) is 5.75 Å². The molecule has 0 spiro atoms. The van der Waals surface area contributed by atoms with E-state index >= 15 is 0 Å². The van der Waals surface area contributed by atoms with Crippen molar-refractivity contribution in [2.24, 2.45) is 0 Å². The predicted molar refractivity (Wildman–Crippen MR) is 149 cm³/mol. The number of phenols is 1. The largest absolute Gasteiger partial charge is 0.508 e. The Labute approximate surface area is 226 Å². The topological polar surface area (TPSA) is 108 Å². The highest BCUT2D eigenvalue weighted by molar-refractivity contribution is 5.92. The molecule has 0 fully saturated rings. The quantitative estimate of drug-likeness (QED) is 0.315. The summed E-state index contributed by atoms with van der Waals surface area (Å²) in [6.45, 7) is 10.1. The Morgan fingerprint density at radius 3 is 2.18 bits per heavy atom. The molecule has 3 N–H and O–H groups in total. The molecule has 0 aliphatic heterocycles. The number of carbonyl (C=O) groups is 3. The summed E-state index contributed by atoms with van der Waals surface area (Å²) in [5.41, 5.74) is 0.706. The molecular formula is C30H43N3O5. The minimum absolute atomic E-state index is 0.0674. The van der Waals surface area contributed by atoms with E-state index in [1.165, 1.54) is 17.0 Å². The molecule has 208 valence electrons. The number of amides is 3. The fourth-order valence-corrected chi connectivity index (χ4v) is 4.12. The van der Waals surface area contributed by atoms with Crippen LogP contribution >= 0.6 is 0 Å². The summed E-state index contributed by atoms with van der Waals surface area (Å²) in [7, 11) is 0. The van der Waals surface area contributed by atoms with Crippen molar-refractivity contribution < 1.29 is 24.2 Å². The minimum Gasteiger partial charge on any atom is -0.508 e. The van der Waals surface area contributed by atoms with E-state index in [0.717, 1.165) is 24.8 Å². The van der Waals surface area contributed by atoms with Crippen LogP contribution < -0.4 is 10.6 Å². The average Bonchev–Trinajstić information content (AvgIpc) is 2.86. The standard InChI is InChI=1S/C30H43N3O5/c1-6-8-12-19-31-27(35)26(23-15-17-24(34)18-16-23)33(20-7-2)28(36)25(21-22-13-10-9-11-14-22)32-29(37)38-30(3,4)5/h9-11,13-18,25-26,34H,6-8,12,19-21H2,1-5H3,(H,31,35)(H,32,37). The van der Waals surface area contributed by atoms with Crippen molar-refractivity contribution in [3.63, 3.8) is 0 Å². The van der Waals surface area contributed by atoms with Crippen LogP contribution in [0.15, 0.2) is 54.6 Å².